The molecule has 100 valence electrons. The standard InChI is InChI=1S/C13H26N2O2/c1-3-4-8-16-10-11-17-9-6-5-7-13(2,15)12-14/h3-11,15H2,1-2H3. The molecule has 0 fully saturated rings. The van der Waals surface area contributed by atoms with Gasteiger partial charge in [0.15, 0.2) is 0 Å². The van der Waals surface area contributed by atoms with E-state index in [9.17, 15) is 0 Å². The van der Waals surface area contributed by atoms with E-state index in [4.69, 9.17) is 20.5 Å². The monoisotopic (exact) mass is 242 g/mol. The minimum Gasteiger partial charge on any atom is -0.379 e. The predicted octanol–water partition coefficient (Wildman–Crippen LogP) is 2.23. The van der Waals surface area contributed by atoms with E-state index in [0.717, 1.165) is 45.3 Å². The zero-order valence-electron chi connectivity index (χ0n) is 11.2. The quantitative estimate of drug-likeness (QED) is 0.564. The lowest BCUT2D eigenvalue weighted by Gasteiger charge is -2.14. The third-order valence-electron chi connectivity index (χ3n) is 2.50. The number of hydrogen-bond acceptors (Lipinski definition) is 4. The molecular weight excluding hydrogens is 216 g/mol. The molecule has 17 heavy (non-hydrogen) atoms. The lowest BCUT2D eigenvalue weighted by atomic mass is 9.98. The van der Waals surface area contributed by atoms with E-state index in [1.165, 1.54) is 0 Å². The predicted molar refractivity (Wildman–Crippen MR) is 68.6 cm³/mol. The van der Waals surface area contributed by atoms with Gasteiger partial charge in [-0.25, -0.2) is 0 Å². The van der Waals surface area contributed by atoms with Crippen molar-refractivity contribution in [1.82, 2.24) is 0 Å². The molecule has 1 atom stereocenters. The summed E-state index contributed by atoms with van der Waals surface area (Å²) in [4.78, 5) is 0. The first kappa shape index (κ1) is 16.4. The molecule has 0 aliphatic heterocycles. The van der Waals surface area contributed by atoms with Crippen LogP contribution in [0.1, 0.15) is 46.0 Å². The highest BCUT2D eigenvalue weighted by molar-refractivity contribution is 5.00. The molecule has 0 aromatic rings. The fourth-order valence-electron chi connectivity index (χ4n) is 1.32. The van der Waals surface area contributed by atoms with Gasteiger partial charge >= 0.3 is 0 Å². The second kappa shape index (κ2) is 10.5. The van der Waals surface area contributed by atoms with Crippen molar-refractivity contribution in [2.75, 3.05) is 26.4 Å². The molecule has 0 radical (unpaired) electrons. The Morgan fingerprint density at radius 3 is 2.18 bits per heavy atom. The van der Waals surface area contributed by atoms with Crippen molar-refractivity contribution in [1.29, 1.82) is 5.26 Å². The SMILES string of the molecule is CCCCOCCOCCCCC(C)(N)C#N. The summed E-state index contributed by atoms with van der Waals surface area (Å²) in [7, 11) is 0. The van der Waals surface area contributed by atoms with E-state index in [1.807, 2.05) is 0 Å². The molecular formula is C13H26N2O2. The van der Waals surface area contributed by atoms with E-state index in [2.05, 4.69) is 13.0 Å². The Morgan fingerprint density at radius 1 is 1.06 bits per heavy atom. The summed E-state index contributed by atoms with van der Waals surface area (Å²) in [6.07, 6.45) is 4.88. The van der Waals surface area contributed by atoms with Gasteiger partial charge in [-0.2, -0.15) is 5.26 Å². The van der Waals surface area contributed by atoms with Crippen LogP contribution in [0.3, 0.4) is 0 Å². The van der Waals surface area contributed by atoms with E-state index >= 15 is 0 Å². The molecule has 0 saturated carbocycles. The number of nitrogens with two attached hydrogens (primary N) is 1. The molecule has 0 aromatic heterocycles. The van der Waals surface area contributed by atoms with E-state index in [-0.39, 0.29) is 0 Å². The van der Waals surface area contributed by atoms with Crippen molar-refractivity contribution in [2.45, 2.75) is 51.5 Å². The van der Waals surface area contributed by atoms with Crippen LogP contribution >= 0.6 is 0 Å². The number of nitrogens with zero attached hydrogens (tertiary/aromatic N) is 1. The van der Waals surface area contributed by atoms with Crippen LogP contribution in [0.25, 0.3) is 0 Å². The van der Waals surface area contributed by atoms with Crippen LogP contribution in [-0.2, 0) is 9.47 Å². The van der Waals surface area contributed by atoms with E-state index in [0.29, 0.717) is 13.2 Å². The lowest BCUT2D eigenvalue weighted by molar-refractivity contribution is 0.0451. The molecule has 0 aromatic carbocycles. The van der Waals surface area contributed by atoms with Gasteiger partial charge in [0, 0.05) is 13.2 Å². The highest BCUT2D eigenvalue weighted by Crippen LogP contribution is 2.08. The van der Waals surface area contributed by atoms with Crippen LogP contribution in [0, 0.1) is 11.3 Å². The third kappa shape index (κ3) is 11.6. The van der Waals surface area contributed by atoms with Gasteiger partial charge in [0.05, 0.1) is 19.3 Å². The van der Waals surface area contributed by atoms with Gasteiger partial charge in [0.25, 0.3) is 0 Å². The first-order valence-electron chi connectivity index (χ1n) is 6.48. The Morgan fingerprint density at radius 2 is 1.65 bits per heavy atom. The average Bonchev–Trinajstić information content (AvgIpc) is 2.31. The van der Waals surface area contributed by atoms with Gasteiger partial charge in [-0.15, -0.1) is 0 Å². The first-order chi connectivity index (χ1) is 8.12. The van der Waals surface area contributed by atoms with Crippen LogP contribution in [-0.4, -0.2) is 32.0 Å². The number of unbranched alkanes of at least 4 members (excludes halogenated alkanes) is 2. The number of rotatable bonds is 11. The van der Waals surface area contributed by atoms with E-state index in [1.54, 1.807) is 6.92 Å². The van der Waals surface area contributed by atoms with Crippen LogP contribution < -0.4 is 5.73 Å². The van der Waals surface area contributed by atoms with Gasteiger partial charge < -0.3 is 15.2 Å². The summed E-state index contributed by atoms with van der Waals surface area (Å²) in [5.41, 5.74) is 5.01. The van der Waals surface area contributed by atoms with Gasteiger partial charge in [-0.3, -0.25) is 0 Å². The summed E-state index contributed by atoms with van der Waals surface area (Å²) in [5, 5.41) is 8.71. The molecule has 0 aliphatic carbocycles. The molecule has 0 heterocycles. The largest absolute Gasteiger partial charge is 0.379 e. The minimum atomic E-state index is -0.691. The average molecular weight is 242 g/mol. The topological polar surface area (TPSA) is 68.3 Å². The zero-order chi connectivity index (χ0) is 13.0. The first-order valence-corrected chi connectivity index (χ1v) is 6.48. The fourth-order valence-corrected chi connectivity index (χ4v) is 1.32. The molecule has 0 spiro atoms. The van der Waals surface area contributed by atoms with Crippen molar-refractivity contribution in [3.8, 4) is 6.07 Å². The van der Waals surface area contributed by atoms with Crippen molar-refractivity contribution >= 4 is 0 Å². The van der Waals surface area contributed by atoms with Gasteiger partial charge in [0.2, 0.25) is 0 Å². The molecule has 2 N–H and O–H groups in total. The highest BCUT2D eigenvalue weighted by Gasteiger charge is 2.15. The molecule has 0 bridgehead atoms. The maximum atomic E-state index is 8.71. The summed E-state index contributed by atoms with van der Waals surface area (Å²) in [5.74, 6) is 0. The molecule has 0 saturated heterocycles. The Bertz CT molecular complexity index is 212. The second-order valence-corrected chi connectivity index (χ2v) is 4.56. The zero-order valence-corrected chi connectivity index (χ0v) is 11.2. The van der Waals surface area contributed by atoms with Crippen molar-refractivity contribution in [3.63, 3.8) is 0 Å². The summed E-state index contributed by atoms with van der Waals surface area (Å²) in [6.45, 7) is 6.78. The fraction of sp³-hybridized carbons (Fsp3) is 0.923. The Hall–Kier alpha value is -0.630. The number of hydrogen-bond donors (Lipinski definition) is 1. The molecule has 4 nitrogen and oxygen atoms in total. The molecule has 0 aliphatic rings. The second-order valence-electron chi connectivity index (χ2n) is 4.56. The summed E-state index contributed by atoms with van der Waals surface area (Å²) < 4.78 is 10.8. The van der Waals surface area contributed by atoms with Crippen molar-refractivity contribution in [3.05, 3.63) is 0 Å². The maximum absolute atomic E-state index is 8.71. The maximum Gasteiger partial charge on any atom is 0.101 e. The number of nitriles is 1. The third-order valence-corrected chi connectivity index (χ3v) is 2.50. The Labute approximate surface area is 105 Å². The van der Waals surface area contributed by atoms with Gasteiger partial charge in [-0.1, -0.05) is 13.3 Å². The smallest absolute Gasteiger partial charge is 0.101 e. The highest BCUT2D eigenvalue weighted by atomic mass is 16.5. The van der Waals surface area contributed by atoms with Crippen molar-refractivity contribution in [2.24, 2.45) is 5.73 Å². The summed E-state index contributed by atoms with van der Waals surface area (Å²) >= 11 is 0. The normalized spacial score (nSPS) is 14.2. The summed E-state index contributed by atoms with van der Waals surface area (Å²) in [6, 6.07) is 2.09. The van der Waals surface area contributed by atoms with Crippen LogP contribution in [0.4, 0.5) is 0 Å². The molecule has 0 amide bonds. The molecule has 1 unspecified atom stereocenters. The van der Waals surface area contributed by atoms with Crippen LogP contribution in [0.5, 0.6) is 0 Å². The minimum absolute atomic E-state index is 0.655. The Kier molecular flexibility index (Phi) is 10.1. The number of ether oxygens (including phenoxy) is 2. The molecule has 0 rings (SSSR count). The Balaban J connectivity index is 3.12. The van der Waals surface area contributed by atoms with Gasteiger partial charge in [-0.05, 0) is 32.6 Å². The van der Waals surface area contributed by atoms with Crippen LogP contribution in [0.2, 0.25) is 0 Å². The lowest BCUT2D eigenvalue weighted by Crippen LogP contribution is -2.33. The van der Waals surface area contributed by atoms with Crippen LogP contribution in [0.15, 0.2) is 0 Å². The van der Waals surface area contributed by atoms with E-state index < -0.39 is 5.54 Å². The van der Waals surface area contributed by atoms with Gasteiger partial charge in [0.1, 0.15) is 5.54 Å². The van der Waals surface area contributed by atoms with Crippen molar-refractivity contribution < 1.29 is 9.47 Å². The molecule has 4 heteroatoms.